The minimum Gasteiger partial charge on any atom is -0.395 e. The Morgan fingerprint density at radius 3 is 2.82 bits per heavy atom. The van der Waals surface area contributed by atoms with Crippen molar-refractivity contribution in [3.05, 3.63) is 24.1 Å². The Hall–Kier alpha value is -1.16. The second-order valence-electron chi connectivity index (χ2n) is 1.65. The van der Waals surface area contributed by atoms with Crippen LogP contribution in [0, 0.1) is 5.82 Å². The van der Waals surface area contributed by atoms with Crippen LogP contribution in [-0.4, -0.2) is 10.4 Å². The first kappa shape index (κ1) is 7.94. The van der Waals surface area contributed by atoms with E-state index in [4.69, 9.17) is 11.6 Å². The number of carbonyl (C=O) groups excluding carboxylic acids is 1. The highest BCUT2D eigenvalue weighted by Gasteiger charge is 1.99. The van der Waals surface area contributed by atoms with Crippen molar-refractivity contribution in [1.82, 2.24) is 4.98 Å². The van der Waals surface area contributed by atoms with Crippen LogP contribution < -0.4 is 4.74 Å². The van der Waals surface area contributed by atoms with Crippen LogP contribution in [0.25, 0.3) is 0 Å². The van der Waals surface area contributed by atoms with Gasteiger partial charge in [0.05, 0.1) is 6.20 Å². The van der Waals surface area contributed by atoms with E-state index in [1.165, 1.54) is 6.07 Å². The van der Waals surface area contributed by atoms with Crippen LogP contribution in [0.5, 0.6) is 5.88 Å². The van der Waals surface area contributed by atoms with E-state index < -0.39 is 11.2 Å². The number of hydrogen-bond acceptors (Lipinski definition) is 3. The molecule has 0 aliphatic carbocycles. The molecule has 0 unspecified atom stereocenters. The molecule has 0 saturated heterocycles. The first-order valence-corrected chi connectivity index (χ1v) is 3.05. The SMILES string of the molecule is O=C(Cl)Oc1ccc(F)cn1. The highest BCUT2D eigenvalue weighted by Crippen LogP contribution is 2.07. The third kappa shape index (κ3) is 2.51. The molecule has 58 valence electrons. The lowest BCUT2D eigenvalue weighted by Crippen LogP contribution is -1.97. The second kappa shape index (κ2) is 3.30. The second-order valence-corrected chi connectivity index (χ2v) is 1.96. The number of ether oxygens (including phenoxy) is 1. The molecule has 0 aromatic carbocycles. The predicted octanol–water partition coefficient (Wildman–Crippen LogP) is 1.96. The molecule has 1 aromatic heterocycles. The molecule has 0 aliphatic heterocycles. The average Bonchev–Trinajstić information content (AvgIpc) is 1.93. The van der Waals surface area contributed by atoms with Gasteiger partial charge in [0, 0.05) is 17.7 Å². The van der Waals surface area contributed by atoms with Crippen molar-refractivity contribution in [2.75, 3.05) is 0 Å². The van der Waals surface area contributed by atoms with Crippen molar-refractivity contribution >= 4 is 17.0 Å². The standard InChI is InChI=1S/C6H3ClFNO2/c7-6(10)11-5-2-1-4(8)3-9-5/h1-3H. The summed E-state index contributed by atoms with van der Waals surface area (Å²) in [4.78, 5) is 13.5. The molecule has 3 nitrogen and oxygen atoms in total. The Bertz CT molecular complexity index is 262. The molecule has 0 N–H and O–H groups in total. The summed E-state index contributed by atoms with van der Waals surface area (Å²) < 4.78 is 16.5. The van der Waals surface area contributed by atoms with Gasteiger partial charge < -0.3 is 4.74 Å². The molecule has 5 heteroatoms. The fourth-order valence-corrected chi connectivity index (χ4v) is 0.584. The molecule has 0 bridgehead atoms. The monoisotopic (exact) mass is 175 g/mol. The normalized spacial score (nSPS) is 9.27. The van der Waals surface area contributed by atoms with Crippen LogP contribution in [-0.2, 0) is 0 Å². The van der Waals surface area contributed by atoms with Gasteiger partial charge in [-0.3, -0.25) is 0 Å². The van der Waals surface area contributed by atoms with Crippen molar-refractivity contribution in [2.45, 2.75) is 0 Å². The average molecular weight is 176 g/mol. The van der Waals surface area contributed by atoms with Crippen LogP contribution >= 0.6 is 11.6 Å². The van der Waals surface area contributed by atoms with Crippen LogP contribution in [0.4, 0.5) is 9.18 Å². The summed E-state index contributed by atoms with van der Waals surface area (Å²) in [6.07, 6.45) is 0.926. The molecule has 0 radical (unpaired) electrons. The Morgan fingerprint density at radius 1 is 1.64 bits per heavy atom. The van der Waals surface area contributed by atoms with Gasteiger partial charge in [0.1, 0.15) is 5.82 Å². The lowest BCUT2D eigenvalue weighted by atomic mass is 10.5. The van der Waals surface area contributed by atoms with E-state index in [1.807, 2.05) is 0 Å². The molecule has 1 rings (SSSR count). The molecular formula is C6H3ClFNO2. The highest BCUT2D eigenvalue weighted by molar-refractivity contribution is 6.61. The van der Waals surface area contributed by atoms with Gasteiger partial charge in [-0.2, -0.15) is 0 Å². The zero-order valence-electron chi connectivity index (χ0n) is 5.25. The fourth-order valence-electron chi connectivity index (χ4n) is 0.505. The Balaban J connectivity index is 2.74. The van der Waals surface area contributed by atoms with Gasteiger partial charge in [-0.1, -0.05) is 0 Å². The Morgan fingerprint density at radius 2 is 2.36 bits per heavy atom. The molecule has 0 spiro atoms. The lowest BCUT2D eigenvalue weighted by Gasteiger charge is -1.95. The molecule has 0 aliphatic rings. The summed E-state index contributed by atoms with van der Waals surface area (Å²) in [6.45, 7) is 0. The zero-order valence-corrected chi connectivity index (χ0v) is 6.01. The molecule has 0 fully saturated rings. The van der Waals surface area contributed by atoms with Gasteiger partial charge in [0.25, 0.3) is 0 Å². The molecule has 1 heterocycles. The Labute approximate surface area is 66.8 Å². The number of pyridine rings is 1. The number of halogens is 2. The van der Waals surface area contributed by atoms with Crippen molar-refractivity contribution in [2.24, 2.45) is 0 Å². The van der Waals surface area contributed by atoms with Crippen LogP contribution in [0.2, 0.25) is 0 Å². The Kier molecular flexibility index (Phi) is 2.38. The molecule has 0 atom stereocenters. The summed E-state index contributed by atoms with van der Waals surface area (Å²) in [6, 6.07) is 2.32. The van der Waals surface area contributed by atoms with Gasteiger partial charge in [-0.25, -0.2) is 14.2 Å². The minimum atomic E-state index is -0.996. The highest BCUT2D eigenvalue weighted by atomic mass is 35.5. The largest absolute Gasteiger partial charge is 0.410 e. The number of nitrogens with zero attached hydrogens (tertiary/aromatic N) is 1. The molecule has 0 amide bonds. The topological polar surface area (TPSA) is 39.2 Å². The third-order valence-corrected chi connectivity index (χ3v) is 0.962. The summed E-state index contributed by atoms with van der Waals surface area (Å²) in [7, 11) is 0. The number of rotatable bonds is 1. The van der Waals surface area contributed by atoms with Crippen LogP contribution in [0.1, 0.15) is 0 Å². The van der Waals surface area contributed by atoms with Gasteiger partial charge in [0.2, 0.25) is 5.88 Å². The number of carbonyl (C=O) groups is 1. The van der Waals surface area contributed by atoms with E-state index in [2.05, 4.69) is 9.72 Å². The maximum Gasteiger partial charge on any atom is 0.410 e. The van der Waals surface area contributed by atoms with Gasteiger partial charge in [-0.05, 0) is 6.07 Å². The first-order chi connectivity index (χ1) is 5.18. The molecule has 0 saturated carbocycles. The lowest BCUT2D eigenvalue weighted by molar-refractivity contribution is 0.224. The number of aromatic nitrogens is 1. The molecular weight excluding hydrogens is 173 g/mol. The van der Waals surface area contributed by atoms with E-state index >= 15 is 0 Å². The zero-order chi connectivity index (χ0) is 8.27. The summed E-state index contributed by atoms with van der Waals surface area (Å²) in [5.41, 5.74) is -0.996. The van der Waals surface area contributed by atoms with E-state index in [1.54, 1.807) is 0 Å². The number of hydrogen-bond donors (Lipinski definition) is 0. The quantitative estimate of drug-likeness (QED) is 0.613. The van der Waals surface area contributed by atoms with Crippen LogP contribution in [0.15, 0.2) is 18.3 Å². The smallest absolute Gasteiger partial charge is 0.395 e. The van der Waals surface area contributed by atoms with E-state index in [0.717, 1.165) is 12.3 Å². The van der Waals surface area contributed by atoms with Crippen molar-refractivity contribution in [1.29, 1.82) is 0 Å². The van der Waals surface area contributed by atoms with Gasteiger partial charge in [-0.15, -0.1) is 0 Å². The molecule has 11 heavy (non-hydrogen) atoms. The fraction of sp³-hybridized carbons (Fsp3) is 0. The maximum absolute atomic E-state index is 12.2. The van der Waals surface area contributed by atoms with E-state index in [9.17, 15) is 9.18 Å². The first-order valence-electron chi connectivity index (χ1n) is 2.67. The summed E-state index contributed by atoms with van der Waals surface area (Å²) in [5.74, 6) is -0.522. The van der Waals surface area contributed by atoms with E-state index in [-0.39, 0.29) is 5.88 Å². The third-order valence-electron chi connectivity index (χ3n) is 0.885. The van der Waals surface area contributed by atoms with Crippen molar-refractivity contribution in [3.63, 3.8) is 0 Å². The molecule has 1 aromatic rings. The van der Waals surface area contributed by atoms with Gasteiger partial charge >= 0.3 is 5.43 Å². The summed E-state index contributed by atoms with van der Waals surface area (Å²) in [5, 5.41) is 0. The summed E-state index contributed by atoms with van der Waals surface area (Å²) >= 11 is 4.86. The van der Waals surface area contributed by atoms with Gasteiger partial charge in [0.15, 0.2) is 0 Å². The van der Waals surface area contributed by atoms with Crippen LogP contribution in [0.3, 0.4) is 0 Å². The van der Waals surface area contributed by atoms with Crippen molar-refractivity contribution < 1.29 is 13.9 Å². The predicted molar refractivity (Wildman–Crippen MR) is 36.1 cm³/mol. The van der Waals surface area contributed by atoms with Crippen molar-refractivity contribution in [3.8, 4) is 5.88 Å². The maximum atomic E-state index is 12.2. The minimum absolute atomic E-state index is 0.0219. The van der Waals surface area contributed by atoms with E-state index in [0.29, 0.717) is 0 Å².